The highest BCUT2D eigenvalue weighted by atomic mass is 32.2. The second-order valence-electron chi connectivity index (χ2n) is 5.71. The smallest absolute Gasteiger partial charge is 0.221 e. The standard InChI is InChI=1S/C15H21FN2O3S/c1-22(20,21)9-7-15(19)17-13-5-3-8-18(11-13)14-6-2-4-12(16)10-14/h2,4,6,10,13H,3,5,7-9,11H2,1H3,(H,17,19)/t13-/m1/s1. The molecule has 122 valence electrons. The summed E-state index contributed by atoms with van der Waals surface area (Å²) >= 11 is 0. The lowest BCUT2D eigenvalue weighted by Crippen LogP contribution is -2.48. The summed E-state index contributed by atoms with van der Waals surface area (Å²) in [5, 5.41) is 2.87. The maximum absolute atomic E-state index is 13.3. The van der Waals surface area contributed by atoms with Gasteiger partial charge in [0.05, 0.1) is 5.75 Å². The van der Waals surface area contributed by atoms with E-state index in [2.05, 4.69) is 5.32 Å². The molecule has 1 aliphatic rings. The third-order valence-electron chi connectivity index (χ3n) is 3.66. The number of carbonyl (C=O) groups excluding carboxylic acids is 1. The van der Waals surface area contributed by atoms with Crippen LogP contribution in [-0.4, -0.2) is 45.5 Å². The van der Waals surface area contributed by atoms with Crippen LogP contribution in [0.3, 0.4) is 0 Å². The number of piperidine rings is 1. The highest BCUT2D eigenvalue weighted by Gasteiger charge is 2.22. The first-order valence-electron chi connectivity index (χ1n) is 7.31. The van der Waals surface area contributed by atoms with Crippen LogP contribution in [0.25, 0.3) is 0 Å². The van der Waals surface area contributed by atoms with Gasteiger partial charge in [-0.3, -0.25) is 4.79 Å². The summed E-state index contributed by atoms with van der Waals surface area (Å²) in [5.74, 6) is -0.674. The van der Waals surface area contributed by atoms with Crippen LogP contribution in [0.2, 0.25) is 0 Å². The van der Waals surface area contributed by atoms with Crippen molar-refractivity contribution in [3.05, 3.63) is 30.1 Å². The van der Waals surface area contributed by atoms with E-state index in [4.69, 9.17) is 0 Å². The van der Waals surface area contributed by atoms with Gasteiger partial charge in [0.1, 0.15) is 15.7 Å². The highest BCUT2D eigenvalue weighted by molar-refractivity contribution is 7.90. The van der Waals surface area contributed by atoms with Gasteiger partial charge >= 0.3 is 0 Å². The number of hydrogen-bond acceptors (Lipinski definition) is 4. The van der Waals surface area contributed by atoms with Crippen LogP contribution in [0.15, 0.2) is 24.3 Å². The van der Waals surface area contributed by atoms with E-state index < -0.39 is 9.84 Å². The minimum Gasteiger partial charge on any atom is -0.369 e. The molecule has 2 rings (SSSR count). The van der Waals surface area contributed by atoms with Crippen LogP contribution < -0.4 is 10.2 Å². The molecule has 0 spiro atoms. The molecule has 1 fully saturated rings. The Morgan fingerprint density at radius 2 is 2.23 bits per heavy atom. The van der Waals surface area contributed by atoms with Crippen LogP contribution >= 0.6 is 0 Å². The van der Waals surface area contributed by atoms with Crippen molar-refractivity contribution in [2.75, 3.05) is 30.0 Å². The largest absolute Gasteiger partial charge is 0.369 e. The fourth-order valence-electron chi connectivity index (χ4n) is 2.58. The summed E-state index contributed by atoms with van der Waals surface area (Å²) in [6, 6.07) is 6.35. The topological polar surface area (TPSA) is 66.5 Å². The molecule has 7 heteroatoms. The molecule has 1 aromatic carbocycles. The normalized spacial score (nSPS) is 19.0. The lowest BCUT2D eigenvalue weighted by Gasteiger charge is -2.34. The average molecular weight is 328 g/mol. The molecule has 1 atom stereocenters. The maximum Gasteiger partial charge on any atom is 0.221 e. The third-order valence-corrected chi connectivity index (χ3v) is 4.61. The Kier molecular flexibility index (Phi) is 5.39. The number of anilines is 1. The monoisotopic (exact) mass is 328 g/mol. The summed E-state index contributed by atoms with van der Waals surface area (Å²) in [7, 11) is -3.13. The molecule has 1 aliphatic heterocycles. The summed E-state index contributed by atoms with van der Waals surface area (Å²) in [6.07, 6.45) is 2.84. The van der Waals surface area contributed by atoms with Crippen molar-refractivity contribution in [2.24, 2.45) is 0 Å². The Morgan fingerprint density at radius 3 is 2.91 bits per heavy atom. The Balaban J connectivity index is 1.89. The Labute approximate surface area is 130 Å². The van der Waals surface area contributed by atoms with Gasteiger partial charge in [0.2, 0.25) is 5.91 Å². The van der Waals surface area contributed by atoms with Crippen molar-refractivity contribution in [1.82, 2.24) is 5.32 Å². The number of benzene rings is 1. The molecule has 22 heavy (non-hydrogen) atoms. The van der Waals surface area contributed by atoms with Crippen molar-refractivity contribution in [1.29, 1.82) is 0 Å². The first-order valence-corrected chi connectivity index (χ1v) is 9.37. The summed E-state index contributed by atoms with van der Waals surface area (Å²) in [5.41, 5.74) is 0.801. The van der Waals surface area contributed by atoms with Crippen molar-refractivity contribution in [2.45, 2.75) is 25.3 Å². The molecule has 1 heterocycles. The summed E-state index contributed by atoms with van der Waals surface area (Å²) in [6.45, 7) is 1.42. The first-order chi connectivity index (χ1) is 10.3. The maximum atomic E-state index is 13.3. The molecule has 1 amide bonds. The van der Waals surface area contributed by atoms with Gasteiger partial charge in [-0.1, -0.05) is 6.07 Å². The van der Waals surface area contributed by atoms with Crippen molar-refractivity contribution >= 4 is 21.4 Å². The van der Waals surface area contributed by atoms with E-state index in [0.717, 1.165) is 31.3 Å². The molecule has 1 aromatic rings. The van der Waals surface area contributed by atoms with Gasteiger partial charge in [0.15, 0.2) is 0 Å². The predicted molar refractivity (Wildman–Crippen MR) is 84.1 cm³/mol. The lowest BCUT2D eigenvalue weighted by atomic mass is 10.0. The number of rotatable bonds is 5. The van der Waals surface area contributed by atoms with Crippen LogP contribution in [0.1, 0.15) is 19.3 Å². The van der Waals surface area contributed by atoms with Crippen LogP contribution in [0, 0.1) is 5.82 Å². The number of carbonyl (C=O) groups is 1. The molecule has 5 nitrogen and oxygen atoms in total. The SMILES string of the molecule is CS(=O)(=O)CCC(=O)N[C@@H]1CCCN(c2cccc(F)c2)C1. The Hall–Kier alpha value is -1.63. The summed E-state index contributed by atoms with van der Waals surface area (Å²) < 4.78 is 35.4. The van der Waals surface area contributed by atoms with E-state index in [1.54, 1.807) is 6.07 Å². The van der Waals surface area contributed by atoms with E-state index in [1.165, 1.54) is 12.1 Å². The van der Waals surface area contributed by atoms with Gasteiger partial charge in [-0.2, -0.15) is 0 Å². The van der Waals surface area contributed by atoms with E-state index in [9.17, 15) is 17.6 Å². The van der Waals surface area contributed by atoms with Crippen LogP contribution in [-0.2, 0) is 14.6 Å². The first kappa shape index (κ1) is 16.7. The predicted octanol–water partition coefficient (Wildman–Crippen LogP) is 1.35. The minimum absolute atomic E-state index is 0.0186. The number of halogens is 1. The fraction of sp³-hybridized carbons (Fsp3) is 0.533. The molecule has 0 unspecified atom stereocenters. The number of sulfone groups is 1. The fourth-order valence-corrected chi connectivity index (χ4v) is 3.14. The van der Waals surface area contributed by atoms with E-state index in [0.29, 0.717) is 6.54 Å². The highest BCUT2D eigenvalue weighted by Crippen LogP contribution is 2.20. The number of nitrogens with one attached hydrogen (secondary N) is 1. The molecular formula is C15H21FN2O3S. The van der Waals surface area contributed by atoms with Crippen molar-refractivity contribution in [3.8, 4) is 0 Å². The molecule has 0 aromatic heterocycles. The van der Waals surface area contributed by atoms with Gasteiger partial charge in [-0.05, 0) is 31.0 Å². The molecule has 0 radical (unpaired) electrons. The molecule has 0 bridgehead atoms. The van der Waals surface area contributed by atoms with Crippen LogP contribution in [0.4, 0.5) is 10.1 Å². The van der Waals surface area contributed by atoms with Crippen molar-refractivity contribution in [3.63, 3.8) is 0 Å². The number of nitrogens with zero attached hydrogens (tertiary/aromatic N) is 1. The molecule has 0 saturated carbocycles. The number of amides is 1. The zero-order chi connectivity index (χ0) is 16.2. The quantitative estimate of drug-likeness (QED) is 0.886. The zero-order valence-corrected chi connectivity index (χ0v) is 13.4. The van der Waals surface area contributed by atoms with Crippen LogP contribution in [0.5, 0.6) is 0 Å². The second-order valence-corrected chi connectivity index (χ2v) is 7.97. The van der Waals surface area contributed by atoms with E-state index in [1.807, 2.05) is 11.0 Å². The molecular weight excluding hydrogens is 307 g/mol. The molecule has 1 saturated heterocycles. The van der Waals surface area contributed by atoms with Gasteiger partial charge in [-0.25, -0.2) is 12.8 Å². The molecule has 0 aliphatic carbocycles. The van der Waals surface area contributed by atoms with Gasteiger partial charge in [0, 0.05) is 37.5 Å². The molecule has 1 N–H and O–H groups in total. The summed E-state index contributed by atoms with van der Waals surface area (Å²) in [4.78, 5) is 13.8. The zero-order valence-electron chi connectivity index (χ0n) is 12.6. The number of hydrogen-bond donors (Lipinski definition) is 1. The lowest BCUT2D eigenvalue weighted by molar-refractivity contribution is -0.121. The average Bonchev–Trinajstić information content (AvgIpc) is 2.45. The van der Waals surface area contributed by atoms with Gasteiger partial charge in [-0.15, -0.1) is 0 Å². The van der Waals surface area contributed by atoms with E-state index >= 15 is 0 Å². The Bertz CT molecular complexity index is 633. The Morgan fingerprint density at radius 1 is 1.45 bits per heavy atom. The second kappa shape index (κ2) is 7.09. The van der Waals surface area contributed by atoms with Crippen molar-refractivity contribution < 1.29 is 17.6 Å². The van der Waals surface area contributed by atoms with Gasteiger partial charge in [0.25, 0.3) is 0 Å². The minimum atomic E-state index is -3.13. The van der Waals surface area contributed by atoms with Gasteiger partial charge < -0.3 is 10.2 Å². The van der Waals surface area contributed by atoms with E-state index in [-0.39, 0.29) is 29.9 Å². The third kappa shape index (κ3) is 5.29.